The zero-order valence-corrected chi connectivity index (χ0v) is 21.0. The van der Waals surface area contributed by atoms with Crippen molar-refractivity contribution in [1.82, 2.24) is 8.61 Å². The van der Waals surface area contributed by atoms with E-state index < -0.39 is 26.2 Å². The number of hydrogen-bond acceptors (Lipinski definition) is 5. The van der Waals surface area contributed by atoms with Gasteiger partial charge >= 0.3 is 0 Å². The zero-order chi connectivity index (χ0) is 24.4. The first-order valence-corrected chi connectivity index (χ1v) is 13.5. The molecule has 1 aliphatic rings. The monoisotopic (exact) mass is 514 g/mol. The lowest BCUT2D eigenvalue weighted by atomic mass is 9.99. The summed E-state index contributed by atoms with van der Waals surface area (Å²) in [6.45, 7) is 2.19. The summed E-state index contributed by atoms with van der Waals surface area (Å²) in [6.07, 6.45) is 1.15. The van der Waals surface area contributed by atoms with Gasteiger partial charge in [0.1, 0.15) is 0 Å². The van der Waals surface area contributed by atoms with Crippen LogP contribution in [0, 0.1) is 12.8 Å². The molecule has 1 aliphatic heterocycles. The topological polar surface area (TPSA) is 116 Å². The molecule has 1 saturated heterocycles. The molecule has 0 radical (unpaired) electrons. The van der Waals surface area contributed by atoms with E-state index in [4.69, 9.17) is 11.6 Å². The van der Waals surface area contributed by atoms with Gasteiger partial charge in [-0.15, -0.1) is 0 Å². The summed E-state index contributed by atoms with van der Waals surface area (Å²) in [5, 5.41) is 3.20. The fourth-order valence-corrected chi connectivity index (χ4v) is 5.97. The highest BCUT2D eigenvalue weighted by Crippen LogP contribution is 2.26. The maximum atomic E-state index is 12.7. The van der Waals surface area contributed by atoms with E-state index in [1.165, 1.54) is 42.7 Å². The first-order chi connectivity index (χ1) is 15.4. The van der Waals surface area contributed by atoms with Gasteiger partial charge in [0, 0.05) is 37.9 Å². The predicted molar refractivity (Wildman–Crippen MR) is 129 cm³/mol. The van der Waals surface area contributed by atoms with E-state index >= 15 is 0 Å². The van der Waals surface area contributed by atoms with E-state index in [-0.39, 0.29) is 17.3 Å². The van der Waals surface area contributed by atoms with Crippen molar-refractivity contribution in [1.29, 1.82) is 0 Å². The van der Waals surface area contributed by atoms with Crippen LogP contribution < -0.4 is 10.0 Å². The van der Waals surface area contributed by atoms with Crippen LogP contribution in [0.15, 0.2) is 47.4 Å². The molecule has 33 heavy (non-hydrogen) atoms. The predicted octanol–water partition coefficient (Wildman–Crippen LogP) is 2.91. The molecule has 3 rings (SSSR count). The Hall–Kier alpha value is -2.18. The van der Waals surface area contributed by atoms with Gasteiger partial charge in [0.15, 0.2) is 0 Å². The fraction of sp³-hybridized carbons (Fsp3) is 0.381. The molecular weight excluding hydrogens is 488 g/mol. The molecule has 0 bridgehead atoms. The Labute approximate surface area is 200 Å². The fourth-order valence-electron chi connectivity index (χ4n) is 3.48. The van der Waals surface area contributed by atoms with Crippen LogP contribution in [0.4, 0.5) is 11.4 Å². The second kappa shape index (κ2) is 9.98. The van der Waals surface area contributed by atoms with Crippen molar-refractivity contribution in [2.75, 3.05) is 37.2 Å². The third-order valence-corrected chi connectivity index (χ3v) is 9.18. The molecule has 2 aromatic rings. The minimum Gasteiger partial charge on any atom is -0.326 e. The number of piperidine rings is 1. The summed E-state index contributed by atoms with van der Waals surface area (Å²) < 4.78 is 55.1. The third-order valence-electron chi connectivity index (χ3n) is 5.49. The average molecular weight is 515 g/mol. The van der Waals surface area contributed by atoms with Crippen LogP contribution in [0.5, 0.6) is 0 Å². The highest BCUT2D eigenvalue weighted by Gasteiger charge is 2.33. The second-order valence-corrected chi connectivity index (χ2v) is 12.3. The van der Waals surface area contributed by atoms with Gasteiger partial charge in [-0.1, -0.05) is 17.7 Å². The van der Waals surface area contributed by atoms with Gasteiger partial charge in [0.25, 0.3) is 20.2 Å². The van der Waals surface area contributed by atoms with Crippen molar-refractivity contribution in [3.8, 4) is 0 Å². The van der Waals surface area contributed by atoms with Gasteiger partial charge in [0.05, 0.1) is 16.5 Å². The Balaban J connectivity index is 1.67. The maximum absolute atomic E-state index is 12.7. The van der Waals surface area contributed by atoms with Gasteiger partial charge in [-0.3, -0.25) is 9.52 Å². The summed E-state index contributed by atoms with van der Waals surface area (Å²) in [5.74, 6) is -0.804. The van der Waals surface area contributed by atoms with Gasteiger partial charge in [0.2, 0.25) is 5.91 Å². The molecule has 180 valence electrons. The van der Waals surface area contributed by atoms with Crippen LogP contribution >= 0.6 is 11.6 Å². The molecule has 1 fully saturated rings. The van der Waals surface area contributed by atoms with Crippen LogP contribution in [-0.4, -0.2) is 58.5 Å². The van der Waals surface area contributed by atoms with E-state index in [1.54, 1.807) is 25.1 Å². The number of amides is 1. The Morgan fingerprint density at radius 3 is 2.39 bits per heavy atom. The van der Waals surface area contributed by atoms with Gasteiger partial charge < -0.3 is 5.32 Å². The molecule has 2 N–H and O–H groups in total. The van der Waals surface area contributed by atoms with Crippen LogP contribution in [0.2, 0.25) is 5.02 Å². The lowest BCUT2D eigenvalue weighted by molar-refractivity contribution is -0.120. The van der Waals surface area contributed by atoms with Crippen molar-refractivity contribution >= 4 is 49.1 Å². The molecular formula is C21H27ClN4O5S2. The number of anilines is 2. The summed E-state index contributed by atoms with van der Waals surface area (Å²) in [5.41, 5.74) is 1.42. The number of carbonyl (C=O) groups excluding carboxylic acids is 1. The number of nitrogens with one attached hydrogen (secondary N) is 2. The molecule has 0 aliphatic carbocycles. The van der Waals surface area contributed by atoms with Gasteiger partial charge in [-0.05, 0) is 61.7 Å². The van der Waals surface area contributed by atoms with E-state index in [1.807, 2.05) is 0 Å². The summed E-state index contributed by atoms with van der Waals surface area (Å²) >= 11 is 6.06. The molecule has 0 unspecified atom stereocenters. The largest absolute Gasteiger partial charge is 0.326 e. The van der Waals surface area contributed by atoms with E-state index in [0.29, 0.717) is 41.3 Å². The third kappa shape index (κ3) is 5.85. The van der Waals surface area contributed by atoms with E-state index in [2.05, 4.69) is 10.0 Å². The molecule has 1 amide bonds. The lowest BCUT2D eigenvalue weighted by Crippen LogP contribution is -2.47. The Kier molecular flexibility index (Phi) is 7.69. The Morgan fingerprint density at radius 1 is 1.09 bits per heavy atom. The van der Waals surface area contributed by atoms with E-state index in [9.17, 15) is 21.6 Å². The van der Waals surface area contributed by atoms with Gasteiger partial charge in [-0.25, -0.2) is 8.42 Å². The molecule has 1 atom stereocenters. The number of nitrogens with zero attached hydrogens (tertiary/aromatic N) is 2. The molecule has 0 spiro atoms. The molecule has 1 heterocycles. The molecule has 0 aromatic heterocycles. The van der Waals surface area contributed by atoms with Crippen LogP contribution in [-0.2, 0) is 25.0 Å². The first-order valence-electron chi connectivity index (χ1n) is 10.3. The summed E-state index contributed by atoms with van der Waals surface area (Å²) in [7, 11) is -4.53. The number of hydrogen-bond donors (Lipinski definition) is 2. The van der Waals surface area contributed by atoms with Crippen molar-refractivity contribution in [3.05, 3.63) is 53.1 Å². The summed E-state index contributed by atoms with van der Waals surface area (Å²) in [4.78, 5) is 12.7. The standard InChI is InChI=1S/C21H27ClN4O5S2/c1-15-19(22)7-4-8-20(15)24-32(28,29)18-11-9-17(10-12-18)23-21(27)16-6-5-13-26(14-16)33(30,31)25(2)3/h4,7-12,16,24H,5-6,13-14H2,1-3H3,(H,23,27)/t16-/m1/s1. The molecule has 9 nitrogen and oxygen atoms in total. The number of sulfonamides is 1. The smallest absolute Gasteiger partial charge is 0.281 e. The van der Waals surface area contributed by atoms with Crippen LogP contribution in [0.3, 0.4) is 0 Å². The SMILES string of the molecule is Cc1c(Cl)cccc1NS(=O)(=O)c1ccc(NC(=O)[C@@H]2CCCN(S(=O)(=O)N(C)C)C2)cc1. The minimum atomic E-state index is -3.85. The van der Waals surface area contributed by atoms with Crippen LogP contribution in [0.1, 0.15) is 18.4 Å². The average Bonchev–Trinajstić information content (AvgIpc) is 2.77. The first kappa shape index (κ1) is 25.4. The highest BCUT2D eigenvalue weighted by atomic mass is 35.5. The minimum absolute atomic E-state index is 0.0285. The number of carbonyl (C=O) groups is 1. The Bertz CT molecular complexity index is 1230. The van der Waals surface area contributed by atoms with E-state index in [0.717, 1.165) is 4.31 Å². The number of rotatable bonds is 7. The van der Waals surface area contributed by atoms with Crippen LogP contribution in [0.25, 0.3) is 0 Å². The lowest BCUT2D eigenvalue weighted by Gasteiger charge is -2.32. The van der Waals surface area contributed by atoms with Crippen molar-refractivity contribution in [2.45, 2.75) is 24.7 Å². The second-order valence-electron chi connectivity index (χ2n) is 8.02. The molecule has 2 aromatic carbocycles. The normalized spacial score (nSPS) is 17.7. The van der Waals surface area contributed by atoms with Crippen molar-refractivity contribution in [2.24, 2.45) is 5.92 Å². The maximum Gasteiger partial charge on any atom is 0.281 e. The highest BCUT2D eigenvalue weighted by molar-refractivity contribution is 7.92. The van der Waals surface area contributed by atoms with Crippen molar-refractivity contribution in [3.63, 3.8) is 0 Å². The quantitative estimate of drug-likeness (QED) is 0.589. The Morgan fingerprint density at radius 2 is 1.76 bits per heavy atom. The number of benzene rings is 2. The zero-order valence-electron chi connectivity index (χ0n) is 18.6. The molecule has 0 saturated carbocycles. The van der Waals surface area contributed by atoms with Gasteiger partial charge in [-0.2, -0.15) is 17.0 Å². The number of halogens is 1. The van der Waals surface area contributed by atoms with Crippen molar-refractivity contribution < 1.29 is 21.6 Å². The summed E-state index contributed by atoms with van der Waals surface area (Å²) in [6, 6.07) is 10.7. The molecule has 12 heteroatoms.